The number of hydrogen-bond donors (Lipinski definition) is 0. The van der Waals surface area contributed by atoms with E-state index in [9.17, 15) is 4.79 Å². The van der Waals surface area contributed by atoms with Gasteiger partial charge in [-0.1, -0.05) is 18.2 Å². The lowest BCUT2D eigenvalue weighted by Gasteiger charge is -2.02. The second-order valence-corrected chi connectivity index (χ2v) is 3.94. The van der Waals surface area contributed by atoms with Gasteiger partial charge in [0.15, 0.2) is 6.29 Å². The minimum absolute atomic E-state index is 0.565. The monoisotopic (exact) mass is 253 g/mol. The summed E-state index contributed by atoms with van der Waals surface area (Å²) < 4.78 is 1.94. The highest BCUT2D eigenvalue weighted by Crippen LogP contribution is 2.18. The van der Waals surface area contributed by atoms with Gasteiger partial charge in [0.25, 0.3) is 0 Å². The molecule has 4 nitrogen and oxygen atoms in total. The van der Waals surface area contributed by atoms with Gasteiger partial charge in [-0.2, -0.15) is 0 Å². The third-order valence-corrected chi connectivity index (χ3v) is 2.74. The molecule has 0 aliphatic rings. The van der Waals surface area contributed by atoms with Gasteiger partial charge in [-0.25, -0.2) is 0 Å². The average Bonchev–Trinajstić information content (AvgIpc) is 2.81. The number of fused-ring (bicyclic) bond motifs is 1. The number of carbonyl (C=O) groups excluding carboxylic acids is 1. The lowest BCUT2D eigenvalue weighted by Crippen LogP contribution is -2.02. The summed E-state index contributed by atoms with van der Waals surface area (Å²) in [6.07, 6.45) is 7.72. The number of hydrogen-bond acceptors (Lipinski definition) is 3. The number of rotatable bonds is 5. The van der Waals surface area contributed by atoms with Crippen molar-refractivity contribution in [1.29, 1.82) is 0 Å². The zero-order valence-corrected chi connectivity index (χ0v) is 10.7. The summed E-state index contributed by atoms with van der Waals surface area (Å²) in [5.74, 6) is 0. The molecule has 1 aromatic heterocycles. The number of allylic oxidation sites excluding steroid dienone is 1. The van der Waals surface area contributed by atoms with Crippen LogP contribution in [-0.4, -0.2) is 30.3 Å². The van der Waals surface area contributed by atoms with Crippen molar-refractivity contribution in [2.24, 2.45) is 9.98 Å². The zero-order chi connectivity index (χ0) is 13.5. The summed E-state index contributed by atoms with van der Waals surface area (Å²) in [4.78, 5) is 19.0. The van der Waals surface area contributed by atoms with E-state index in [-0.39, 0.29) is 0 Å². The first-order valence-electron chi connectivity index (χ1n) is 5.99. The predicted octanol–water partition coefficient (Wildman–Crippen LogP) is 2.74. The maximum Gasteiger partial charge on any atom is 0.166 e. The molecule has 0 N–H and O–H groups in total. The van der Waals surface area contributed by atoms with Gasteiger partial charge < -0.3 is 4.57 Å². The van der Waals surface area contributed by atoms with Crippen LogP contribution in [-0.2, 0) is 6.54 Å². The molecule has 2 rings (SSSR count). The molecule has 0 bridgehead atoms. The number of para-hydroxylation sites is 1. The quantitative estimate of drug-likeness (QED) is 0.597. The van der Waals surface area contributed by atoms with Crippen molar-refractivity contribution in [2.45, 2.75) is 6.54 Å². The van der Waals surface area contributed by atoms with Crippen LogP contribution in [0.1, 0.15) is 10.5 Å². The van der Waals surface area contributed by atoms with Crippen LogP contribution in [0.3, 0.4) is 0 Å². The first-order valence-corrected chi connectivity index (χ1v) is 5.99. The van der Waals surface area contributed by atoms with E-state index in [2.05, 4.69) is 9.98 Å². The minimum Gasteiger partial charge on any atom is -0.333 e. The summed E-state index contributed by atoms with van der Waals surface area (Å²) in [6, 6.07) is 9.80. The molecule has 1 aromatic carbocycles. The Morgan fingerprint density at radius 1 is 1.32 bits per heavy atom. The van der Waals surface area contributed by atoms with Crippen LogP contribution in [0.2, 0.25) is 0 Å². The molecule has 0 fully saturated rings. The molecule has 19 heavy (non-hydrogen) atoms. The molecule has 0 aliphatic carbocycles. The third-order valence-electron chi connectivity index (χ3n) is 2.74. The van der Waals surface area contributed by atoms with Gasteiger partial charge in [-0.3, -0.25) is 14.8 Å². The normalized spacial score (nSPS) is 12.3. The molecule has 1 heterocycles. The molecule has 4 heteroatoms. The number of aliphatic imine (C=N–C) groups is 2. The van der Waals surface area contributed by atoms with Crippen LogP contribution < -0.4 is 0 Å². The first-order chi connectivity index (χ1) is 9.36. The summed E-state index contributed by atoms with van der Waals surface area (Å²) in [6.45, 7) is 0.565. The van der Waals surface area contributed by atoms with Crippen molar-refractivity contribution in [3.05, 3.63) is 48.3 Å². The summed E-state index contributed by atoms with van der Waals surface area (Å²) in [7, 11) is 1.70. The fourth-order valence-electron chi connectivity index (χ4n) is 1.90. The SMILES string of the molecule is C\N=C/C=C\N=C\Cn1c(C=O)cc2ccccc21. The van der Waals surface area contributed by atoms with Gasteiger partial charge >= 0.3 is 0 Å². The van der Waals surface area contributed by atoms with Crippen LogP contribution in [0.5, 0.6) is 0 Å². The van der Waals surface area contributed by atoms with E-state index in [0.717, 1.165) is 17.2 Å². The minimum atomic E-state index is 0.565. The highest BCUT2D eigenvalue weighted by molar-refractivity contribution is 5.89. The smallest absolute Gasteiger partial charge is 0.166 e. The molecule has 0 spiro atoms. The Kier molecular flexibility index (Phi) is 4.39. The molecular formula is C15H15N3O. The van der Waals surface area contributed by atoms with E-state index in [1.807, 2.05) is 34.9 Å². The van der Waals surface area contributed by atoms with Gasteiger partial charge in [0, 0.05) is 36.6 Å². The number of benzene rings is 1. The lowest BCUT2D eigenvalue weighted by atomic mass is 10.2. The van der Waals surface area contributed by atoms with Crippen molar-refractivity contribution in [3.63, 3.8) is 0 Å². The van der Waals surface area contributed by atoms with Crippen LogP contribution in [0.15, 0.2) is 52.6 Å². The Labute approximate surface area is 111 Å². The van der Waals surface area contributed by atoms with Crippen molar-refractivity contribution in [3.8, 4) is 0 Å². The molecule has 0 aliphatic heterocycles. The lowest BCUT2D eigenvalue weighted by molar-refractivity contribution is 0.111. The molecule has 0 unspecified atom stereocenters. The van der Waals surface area contributed by atoms with Crippen molar-refractivity contribution < 1.29 is 4.79 Å². The second kappa shape index (κ2) is 6.44. The highest BCUT2D eigenvalue weighted by atomic mass is 16.1. The highest BCUT2D eigenvalue weighted by Gasteiger charge is 2.05. The van der Waals surface area contributed by atoms with Gasteiger partial charge in [-0.05, 0) is 18.2 Å². The molecule has 0 saturated heterocycles. The molecule has 0 saturated carbocycles. The Balaban J connectivity index is 2.22. The van der Waals surface area contributed by atoms with Gasteiger partial charge in [0.2, 0.25) is 0 Å². The standard InChI is InChI=1S/C15H15N3O/c1-16-7-4-8-17-9-10-18-14(12-19)11-13-5-2-3-6-15(13)18/h2-9,11-12H,10H2,1H3/b8-4-,16-7-,17-9+. The van der Waals surface area contributed by atoms with E-state index in [4.69, 9.17) is 0 Å². The molecule has 0 amide bonds. The fourth-order valence-corrected chi connectivity index (χ4v) is 1.90. The zero-order valence-electron chi connectivity index (χ0n) is 10.7. The van der Waals surface area contributed by atoms with Crippen molar-refractivity contribution in [2.75, 3.05) is 7.05 Å². The Hall–Kier alpha value is -2.49. The molecular weight excluding hydrogens is 238 g/mol. The van der Waals surface area contributed by atoms with Crippen molar-refractivity contribution >= 4 is 29.6 Å². The molecule has 2 aromatic rings. The maximum absolute atomic E-state index is 11.1. The van der Waals surface area contributed by atoms with Crippen LogP contribution >= 0.6 is 0 Å². The van der Waals surface area contributed by atoms with Gasteiger partial charge in [-0.15, -0.1) is 0 Å². The third kappa shape index (κ3) is 3.04. The second-order valence-electron chi connectivity index (χ2n) is 3.94. The largest absolute Gasteiger partial charge is 0.333 e. The molecule has 0 radical (unpaired) electrons. The van der Waals surface area contributed by atoms with E-state index in [1.54, 1.807) is 31.8 Å². The number of nitrogens with zero attached hydrogens (tertiary/aromatic N) is 3. The number of carbonyl (C=O) groups is 1. The van der Waals surface area contributed by atoms with Crippen molar-refractivity contribution in [1.82, 2.24) is 4.57 Å². The van der Waals surface area contributed by atoms with Gasteiger partial charge in [0.1, 0.15) is 0 Å². The number of aldehydes is 1. The first kappa shape index (κ1) is 13.0. The van der Waals surface area contributed by atoms with E-state index >= 15 is 0 Å². The fraction of sp³-hybridized carbons (Fsp3) is 0.133. The Bertz CT molecular complexity index is 650. The predicted molar refractivity (Wildman–Crippen MR) is 79.4 cm³/mol. The number of aromatic nitrogens is 1. The van der Waals surface area contributed by atoms with Gasteiger partial charge in [0.05, 0.1) is 12.2 Å². The maximum atomic E-state index is 11.1. The van der Waals surface area contributed by atoms with E-state index in [1.165, 1.54) is 0 Å². The van der Waals surface area contributed by atoms with Crippen LogP contribution in [0, 0.1) is 0 Å². The average molecular weight is 253 g/mol. The van der Waals surface area contributed by atoms with Crippen LogP contribution in [0.4, 0.5) is 0 Å². The topological polar surface area (TPSA) is 46.7 Å². The Morgan fingerprint density at radius 2 is 2.16 bits per heavy atom. The van der Waals surface area contributed by atoms with E-state index in [0.29, 0.717) is 12.2 Å². The Morgan fingerprint density at radius 3 is 2.95 bits per heavy atom. The molecule has 0 atom stereocenters. The summed E-state index contributed by atoms with van der Waals surface area (Å²) >= 11 is 0. The van der Waals surface area contributed by atoms with E-state index < -0.39 is 0 Å². The summed E-state index contributed by atoms with van der Waals surface area (Å²) in [5, 5.41) is 1.06. The summed E-state index contributed by atoms with van der Waals surface area (Å²) in [5.41, 5.74) is 1.70. The molecule has 96 valence electrons. The van der Waals surface area contributed by atoms with Crippen LogP contribution in [0.25, 0.3) is 10.9 Å².